The Balaban J connectivity index is 4.98. The number of aliphatic hydroxyl groups excluding tert-OH is 1. The minimum absolute atomic E-state index is 0.273. The number of nitrogens with zero attached hydrogens (tertiary/aromatic N) is 1. The first-order chi connectivity index (χ1) is 6.02. The van der Waals surface area contributed by atoms with Crippen LogP contribution in [-0.4, -0.2) is 21.1 Å². The molecule has 0 aliphatic rings. The average Bonchev–Trinajstić information content (AvgIpc) is 2.05. The maximum Gasteiger partial charge on any atom is 0.339 e. The highest BCUT2D eigenvalue weighted by Crippen LogP contribution is 2.04. The van der Waals surface area contributed by atoms with Gasteiger partial charge in [0.15, 0.2) is 0 Å². The maximum absolute atomic E-state index is 10.3. The van der Waals surface area contributed by atoms with Gasteiger partial charge in [0.2, 0.25) is 0 Å². The molecule has 0 fully saturated rings. The van der Waals surface area contributed by atoms with Crippen molar-refractivity contribution in [1.82, 2.24) is 0 Å². The molecule has 70 valence electrons. The molecule has 13 heavy (non-hydrogen) atoms. The van der Waals surface area contributed by atoms with Gasteiger partial charge < -0.3 is 10.2 Å². The maximum atomic E-state index is 10.3. The summed E-state index contributed by atoms with van der Waals surface area (Å²) < 4.78 is 0. The van der Waals surface area contributed by atoms with Gasteiger partial charge in [-0.25, -0.2) is 4.79 Å². The van der Waals surface area contributed by atoms with E-state index in [0.717, 1.165) is 6.08 Å². The first kappa shape index (κ1) is 10.9. The first-order valence-corrected chi connectivity index (χ1v) is 3.09. The summed E-state index contributed by atoms with van der Waals surface area (Å²) in [5.74, 6) is -1.45. The van der Waals surface area contributed by atoms with Crippen molar-refractivity contribution < 1.29 is 19.9 Å². The Bertz CT molecular complexity index is 302. The van der Waals surface area contributed by atoms with Crippen molar-refractivity contribution in [2.24, 2.45) is 0 Å². The number of carboxylic acid groups (broad SMARTS) is 1. The molecule has 0 aliphatic carbocycles. The highest BCUT2D eigenvalue weighted by Gasteiger charge is 2.11. The van der Waals surface area contributed by atoms with Crippen molar-refractivity contribution in [3.8, 4) is 0 Å². The van der Waals surface area contributed by atoms with Crippen LogP contribution in [0.25, 0.3) is 0 Å². The van der Waals surface area contributed by atoms with E-state index >= 15 is 0 Å². The molecule has 0 aromatic carbocycles. The van der Waals surface area contributed by atoms with Crippen LogP contribution in [0.3, 0.4) is 0 Å². The van der Waals surface area contributed by atoms with Gasteiger partial charge in [-0.3, -0.25) is 10.1 Å². The van der Waals surface area contributed by atoms with Gasteiger partial charge in [-0.1, -0.05) is 6.58 Å². The molecule has 0 unspecified atom stereocenters. The summed E-state index contributed by atoms with van der Waals surface area (Å²) in [5.41, 5.74) is -1.07. The molecule has 0 amide bonds. The molecule has 0 spiro atoms. The Morgan fingerprint density at radius 3 is 2.31 bits per heavy atom. The SMILES string of the molecule is C=C/C(=C\C(=C\O)C(=O)O)[N+](=O)[O-]. The van der Waals surface area contributed by atoms with Crippen LogP contribution in [0.2, 0.25) is 0 Å². The second-order valence-electron chi connectivity index (χ2n) is 1.92. The zero-order valence-corrected chi connectivity index (χ0v) is 6.51. The van der Waals surface area contributed by atoms with E-state index in [0.29, 0.717) is 6.08 Å². The third-order valence-electron chi connectivity index (χ3n) is 1.11. The van der Waals surface area contributed by atoms with Crippen LogP contribution >= 0.6 is 0 Å². The number of allylic oxidation sites excluding steroid dienone is 1. The van der Waals surface area contributed by atoms with Crippen LogP contribution in [0.4, 0.5) is 0 Å². The summed E-state index contributed by atoms with van der Waals surface area (Å²) >= 11 is 0. The molecule has 0 bridgehead atoms. The topological polar surface area (TPSA) is 101 Å². The summed E-state index contributed by atoms with van der Waals surface area (Å²) in [6.07, 6.45) is 1.86. The molecule has 0 saturated heterocycles. The lowest BCUT2D eigenvalue weighted by Crippen LogP contribution is -2.02. The highest BCUT2D eigenvalue weighted by molar-refractivity contribution is 5.89. The Morgan fingerprint density at radius 2 is 2.08 bits per heavy atom. The van der Waals surface area contributed by atoms with Crippen molar-refractivity contribution in [3.05, 3.63) is 46.4 Å². The normalized spacial score (nSPS) is 12.3. The van der Waals surface area contributed by atoms with Gasteiger partial charge in [0, 0.05) is 12.2 Å². The largest absolute Gasteiger partial charge is 0.515 e. The van der Waals surface area contributed by atoms with Crippen LogP contribution in [0.15, 0.2) is 36.3 Å². The van der Waals surface area contributed by atoms with E-state index in [-0.39, 0.29) is 6.26 Å². The lowest BCUT2D eigenvalue weighted by Gasteiger charge is -1.92. The molecule has 0 aromatic heterocycles. The van der Waals surface area contributed by atoms with Crippen LogP contribution in [-0.2, 0) is 4.79 Å². The van der Waals surface area contributed by atoms with E-state index in [9.17, 15) is 14.9 Å². The Kier molecular flexibility index (Phi) is 3.94. The number of aliphatic carboxylic acids is 1. The van der Waals surface area contributed by atoms with Gasteiger partial charge in [-0.2, -0.15) is 0 Å². The van der Waals surface area contributed by atoms with Gasteiger partial charge in [0.1, 0.15) is 5.57 Å². The first-order valence-electron chi connectivity index (χ1n) is 3.09. The van der Waals surface area contributed by atoms with Crippen molar-refractivity contribution in [3.63, 3.8) is 0 Å². The molecular formula is C7H7NO5. The molecule has 0 heterocycles. The van der Waals surface area contributed by atoms with E-state index in [2.05, 4.69) is 6.58 Å². The van der Waals surface area contributed by atoms with Gasteiger partial charge in [0.25, 0.3) is 5.70 Å². The summed E-state index contributed by atoms with van der Waals surface area (Å²) in [5, 5.41) is 26.9. The summed E-state index contributed by atoms with van der Waals surface area (Å²) in [6, 6.07) is 0. The quantitative estimate of drug-likeness (QED) is 0.222. The van der Waals surface area contributed by atoms with Crippen molar-refractivity contribution in [2.75, 3.05) is 0 Å². The number of nitro groups is 1. The predicted molar refractivity (Wildman–Crippen MR) is 43.6 cm³/mol. The van der Waals surface area contributed by atoms with Crippen molar-refractivity contribution in [2.45, 2.75) is 0 Å². The minimum atomic E-state index is -1.45. The molecule has 0 aliphatic heterocycles. The smallest absolute Gasteiger partial charge is 0.339 e. The zero-order chi connectivity index (χ0) is 10.4. The lowest BCUT2D eigenvalue weighted by molar-refractivity contribution is -0.419. The molecule has 0 radical (unpaired) electrons. The zero-order valence-electron chi connectivity index (χ0n) is 6.51. The van der Waals surface area contributed by atoms with Gasteiger partial charge in [0.05, 0.1) is 11.2 Å². The van der Waals surface area contributed by atoms with E-state index in [4.69, 9.17) is 10.2 Å². The highest BCUT2D eigenvalue weighted by atomic mass is 16.6. The Labute approximate surface area is 73.3 Å². The lowest BCUT2D eigenvalue weighted by atomic mass is 10.2. The second kappa shape index (κ2) is 4.70. The van der Waals surface area contributed by atoms with E-state index in [1.54, 1.807) is 0 Å². The summed E-state index contributed by atoms with van der Waals surface area (Å²) in [4.78, 5) is 19.6. The number of aliphatic hydroxyl groups is 1. The third kappa shape index (κ3) is 3.19. The van der Waals surface area contributed by atoms with Crippen LogP contribution in [0, 0.1) is 10.1 Å². The molecular weight excluding hydrogens is 178 g/mol. The molecule has 2 N–H and O–H groups in total. The predicted octanol–water partition coefficient (Wildman–Crippen LogP) is 0.859. The number of hydrogen-bond donors (Lipinski definition) is 2. The Morgan fingerprint density at radius 1 is 1.54 bits per heavy atom. The van der Waals surface area contributed by atoms with Crippen molar-refractivity contribution >= 4 is 5.97 Å². The van der Waals surface area contributed by atoms with E-state index in [1.165, 1.54) is 0 Å². The monoisotopic (exact) mass is 185 g/mol. The average molecular weight is 185 g/mol. The van der Waals surface area contributed by atoms with Crippen molar-refractivity contribution in [1.29, 1.82) is 0 Å². The Hall–Kier alpha value is -2.11. The minimum Gasteiger partial charge on any atom is -0.515 e. The van der Waals surface area contributed by atoms with Gasteiger partial charge in [-0.15, -0.1) is 0 Å². The molecule has 0 rings (SSSR count). The fourth-order valence-corrected chi connectivity index (χ4v) is 0.500. The third-order valence-corrected chi connectivity index (χ3v) is 1.11. The number of rotatable bonds is 4. The van der Waals surface area contributed by atoms with E-state index in [1.807, 2.05) is 0 Å². The van der Waals surface area contributed by atoms with Crippen LogP contribution in [0.1, 0.15) is 0 Å². The van der Waals surface area contributed by atoms with Gasteiger partial charge >= 0.3 is 5.97 Å². The fourth-order valence-electron chi connectivity index (χ4n) is 0.500. The number of carboxylic acids is 1. The molecule has 0 saturated carbocycles. The molecule has 6 heteroatoms. The summed E-state index contributed by atoms with van der Waals surface area (Å²) in [7, 11) is 0. The number of carbonyl (C=O) groups is 1. The second-order valence-corrected chi connectivity index (χ2v) is 1.92. The molecule has 0 aromatic rings. The van der Waals surface area contributed by atoms with Crippen LogP contribution in [0.5, 0.6) is 0 Å². The standard InChI is InChI=1S/C7H7NO5/c1-2-6(8(12)13)3-5(4-9)7(10)11/h2-4,9H,1H2,(H,10,11)/b5-4-,6-3+. The number of hydrogen-bond acceptors (Lipinski definition) is 4. The summed E-state index contributed by atoms with van der Waals surface area (Å²) in [6.45, 7) is 3.12. The molecule has 6 nitrogen and oxygen atoms in total. The van der Waals surface area contributed by atoms with Crippen LogP contribution < -0.4 is 0 Å². The fraction of sp³-hybridized carbons (Fsp3) is 0. The van der Waals surface area contributed by atoms with Gasteiger partial charge in [-0.05, 0) is 0 Å². The van der Waals surface area contributed by atoms with E-state index < -0.39 is 22.2 Å². The molecule has 0 atom stereocenters.